The molecular weight excluding hydrogens is 388 g/mol. The lowest BCUT2D eigenvalue weighted by molar-refractivity contribution is 0.493. The first-order valence-electron chi connectivity index (χ1n) is 6.52. The molecule has 0 unspecified atom stereocenters. The third kappa shape index (κ3) is 4.51. The summed E-state index contributed by atoms with van der Waals surface area (Å²) < 4.78 is 13.3. The van der Waals surface area contributed by atoms with Crippen molar-refractivity contribution in [2.24, 2.45) is 4.99 Å². The van der Waals surface area contributed by atoms with Crippen LogP contribution in [0.25, 0.3) is 0 Å². The summed E-state index contributed by atoms with van der Waals surface area (Å²) >= 11 is 1.64. The SMILES string of the molecule is CN=C(NCc1cc(F)ccc1SC)N1CCCC1.I. The maximum Gasteiger partial charge on any atom is 0.193 e. The van der Waals surface area contributed by atoms with Gasteiger partial charge in [-0.3, -0.25) is 4.99 Å². The van der Waals surface area contributed by atoms with Gasteiger partial charge in [-0.2, -0.15) is 0 Å². The minimum Gasteiger partial charge on any atom is -0.352 e. The van der Waals surface area contributed by atoms with Gasteiger partial charge in [-0.15, -0.1) is 35.7 Å². The molecule has 112 valence electrons. The molecule has 0 aromatic heterocycles. The summed E-state index contributed by atoms with van der Waals surface area (Å²) in [6.07, 6.45) is 4.44. The summed E-state index contributed by atoms with van der Waals surface area (Å²) in [5.41, 5.74) is 0.979. The molecule has 0 saturated carbocycles. The Labute approximate surface area is 141 Å². The average Bonchev–Trinajstić information content (AvgIpc) is 2.94. The van der Waals surface area contributed by atoms with E-state index in [0.29, 0.717) is 6.54 Å². The number of rotatable bonds is 3. The molecule has 0 amide bonds. The zero-order valence-corrected chi connectivity index (χ0v) is 15.0. The van der Waals surface area contributed by atoms with Crippen LogP contribution in [0.2, 0.25) is 0 Å². The van der Waals surface area contributed by atoms with Crippen LogP contribution in [0.4, 0.5) is 4.39 Å². The molecule has 1 aliphatic heterocycles. The lowest BCUT2D eigenvalue weighted by Gasteiger charge is -2.21. The number of guanidine groups is 1. The molecule has 1 aromatic rings. The van der Waals surface area contributed by atoms with Crippen molar-refractivity contribution in [3.8, 4) is 0 Å². The summed E-state index contributed by atoms with van der Waals surface area (Å²) in [6.45, 7) is 2.72. The van der Waals surface area contributed by atoms with Crippen molar-refractivity contribution in [2.75, 3.05) is 26.4 Å². The maximum atomic E-state index is 13.3. The van der Waals surface area contributed by atoms with Crippen LogP contribution in [0.5, 0.6) is 0 Å². The third-order valence-corrected chi connectivity index (χ3v) is 4.13. The van der Waals surface area contributed by atoms with Crippen LogP contribution in [0.3, 0.4) is 0 Å². The zero-order valence-electron chi connectivity index (χ0n) is 11.9. The van der Waals surface area contributed by atoms with E-state index in [-0.39, 0.29) is 29.8 Å². The van der Waals surface area contributed by atoms with E-state index in [4.69, 9.17) is 0 Å². The number of hydrogen-bond acceptors (Lipinski definition) is 2. The molecule has 20 heavy (non-hydrogen) atoms. The Morgan fingerprint density at radius 3 is 2.70 bits per heavy atom. The van der Waals surface area contributed by atoms with Gasteiger partial charge in [-0.05, 0) is 42.9 Å². The minimum absolute atomic E-state index is 0. The fraction of sp³-hybridized carbons (Fsp3) is 0.500. The van der Waals surface area contributed by atoms with Gasteiger partial charge < -0.3 is 10.2 Å². The normalized spacial score (nSPS) is 15.2. The van der Waals surface area contributed by atoms with Crippen molar-refractivity contribution in [1.82, 2.24) is 10.2 Å². The van der Waals surface area contributed by atoms with Crippen LogP contribution >= 0.6 is 35.7 Å². The molecule has 0 radical (unpaired) electrons. The van der Waals surface area contributed by atoms with Gasteiger partial charge in [0.25, 0.3) is 0 Å². The highest BCUT2D eigenvalue weighted by molar-refractivity contribution is 14.0. The van der Waals surface area contributed by atoms with Gasteiger partial charge in [-0.1, -0.05) is 0 Å². The second kappa shape index (κ2) is 8.71. The topological polar surface area (TPSA) is 27.6 Å². The minimum atomic E-state index is -0.189. The molecule has 3 nitrogen and oxygen atoms in total. The monoisotopic (exact) mass is 409 g/mol. The molecule has 0 aliphatic carbocycles. The highest BCUT2D eigenvalue weighted by Crippen LogP contribution is 2.21. The number of likely N-dealkylation sites (tertiary alicyclic amines) is 1. The predicted molar refractivity (Wildman–Crippen MR) is 94.6 cm³/mol. The Bertz CT molecular complexity index is 462. The molecular formula is C14H21FIN3S. The summed E-state index contributed by atoms with van der Waals surface area (Å²) in [7, 11) is 1.79. The van der Waals surface area contributed by atoms with E-state index in [0.717, 1.165) is 29.5 Å². The number of halogens is 2. The number of thioether (sulfide) groups is 1. The van der Waals surface area contributed by atoms with Crippen molar-refractivity contribution >= 4 is 41.7 Å². The molecule has 1 aromatic carbocycles. The highest BCUT2D eigenvalue weighted by atomic mass is 127. The second-order valence-corrected chi connectivity index (χ2v) is 5.40. The van der Waals surface area contributed by atoms with E-state index in [1.807, 2.05) is 12.3 Å². The molecule has 1 aliphatic rings. The van der Waals surface area contributed by atoms with E-state index in [1.54, 1.807) is 24.9 Å². The Balaban J connectivity index is 0.00000200. The van der Waals surface area contributed by atoms with Gasteiger partial charge in [-0.25, -0.2) is 4.39 Å². The lowest BCUT2D eigenvalue weighted by Crippen LogP contribution is -2.39. The number of hydrogen-bond donors (Lipinski definition) is 1. The fourth-order valence-electron chi connectivity index (χ4n) is 2.32. The lowest BCUT2D eigenvalue weighted by atomic mass is 10.2. The van der Waals surface area contributed by atoms with E-state index >= 15 is 0 Å². The van der Waals surface area contributed by atoms with Crippen LogP contribution in [0.15, 0.2) is 28.1 Å². The highest BCUT2D eigenvalue weighted by Gasteiger charge is 2.15. The Hall–Kier alpha value is -0.500. The van der Waals surface area contributed by atoms with Crippen molar-refractivity contribution in [1.29, 1.82) is 0 Å². The van der Waals surface area contributed by atoms with Crippen molar-refractivity contribution in [3.05, 3.63) is 29.6 Å². The number of nitrogens with one attached hydrogen (secondary N) is 1. The average molecular weight is 409 g/mol. The van der Waals surface area contributed by atoms with E-state index < -0.39 is 0 Å². The second-order valence-electron chi connectivity index (χ2n) is 4.55. The first kappa shape index (κ1) is 17.6. The van der Waals surface area contributed by atoms with Gasteiger partial charge in [0.2, 0.25) is 0 Å². The zero-order chi connectivity index (χ0) is 13.7. The van der Waals surface area contributed by atoms with Gasteiger partial charge in [0.15, 0.2) is 5.96 Å². The van der Waals surface area contributed by atoms with Crippen LogP contribution in [-0.2, 0) is 6.54 Å². The molecule has 6 heteroatoms. The summed E-state index contributed by atoms with van der Waals surface area (Å²) in [5.74, 6) is 0.722. The maximum absolute atomic E-state index is 13.3. The van der Waals surface area contributed by atoms with E-state index in [9.17, 15) is 4.39 Å². The van der Waals surface area contributed by atoms with Crippen LogP contribution in [0, 0.1) is 5.82 Å². The predicted octanol–water partition coefficient (Wildman–Crippen LogP) is 3.34. The van der Waals surface area contributed by atoms with Crippen LogP contribution in [0.1, 0.15) is 18.4 Å². The molecule has 2 rings (SSSR count). The van der Waals surface area contributed by atoms with Gasteiger partial charge in [0.05, 0.1) is 0 Å². The summed E-state index contributed by atoms with van der Waals surface area (Å²) in [6, 6.07) is 4.93. The van der Waals surface area contributed by atoms with Crippen molar-refractivity contribution < 1.29 is 4.39 Å². The first-order chi connectivity index (χ1) is 9.24. The number of nitrogens with zero attached hydrogens (tertiary/aromatic N) is 2. The van der Waals surface area contributed by atoms with E-state index in [2.05, 4.69) is 15.2 Å². The van der Waals surface area contributed by atoms with Gasteiger partial charge in [0, 0.05) is 31.6 Å². The molecule has 1 heterocycles. The number of aliphatic imine (C=N–C) groups is 1. The Morgan fingerprint density at radius 2 is 2.10 bits per heavy atom. The first-order valence-corrected chi connectivity index (χ1v) is 7.75. The standard InChI is InChI=1S/C14H20FN3S.HI/c1-16-14(18-7-3-4-8-18)17-10-11-9-12(15)5-6-13(11)19-2;/h5-6,9H,3-4,7-8,10H2,1-2H3,(H,16,17);1H. The smallest absolute Gasteiger partial charge is 0.193 e. The quantitative estimate of drug-likeness (QED) is 0.359. The Morgan fingerprint density at radius 1 is 1.40 bits per heavy atom. The van der Waals surface area contributed by atoms with E-state index in [1.165, 1.54) is 18.9 Å². The van der Waals surface area contributed by atoms with Gasteiger partial charge in [0.1, 0.15) is 5.82 Å². The summed E-state index contributed by atoms with van der Waals surface area (Å²) in [5, 5.41) is 3.33. The van der Waals surface area contributed by atoms with Crippen molar-refractivity contribution in [3.63, 3.8) is 0 Å². The largest absolute Gasteiger partial charge is 0.352 e. The van der Waals surface area contributed by atoms with Crippen LogP contribution in [-0.4, -0.2) is 37.3 Å². The van der Waals surface area contributed by atoms with Gasteiger partial charge >= 0.3 is 0 Å². The third-order valence-electron chi connectivity index (χ3n) is 3.30. The van der Waals surface area contributed by atoms with Crippen LogP contribution < -0.4 is 5.32 Å². The Kier molecular flexibility index (Phi) is 7.65. The summed E-state index contributed by atoms with van der Waals surface area (Å²) in [4.78, 5) is 7.64. The fourth-order valence-corrected chi connectivity index (χ4v) is 2.92. The molecule has 0 spiro atoms. The molecule has 1 saturated heterocycles. The van der Waals surface area contributed by atoms with Crippen molar-refractivity contribution in [2.45, 2.75) is 24.3 Å². The molecule has 1 fully saturated rings. The molecule has 1 N–H and O–H groups in total. The number of benzene rings is 1. The molecule has 0 bridgehead atoms. The molecule has 0 atom stereocenters.